The Balaban J connectivity index is 2.88. The first-order valence-corrected chi connectivity index (χ1v) is 10.7. The van der Waals surface area contributed by atoms with Gasteiger partial charge in [0.05, 0.1) is 5.75 Å². The summed E-state index contributed by atoms with van der Waals surface area (Å²) >= 11 is 0. The van der Waals surface area contributed by atoms with Crippen molar-refractivity contribution in [2.24, 2.45) is 0 Å². The molecule has 0 saturated heterocycles. The molecular weight excluding hydrogens is 338 g/mol. The number of hydrogen-bond donors (Lipinski definition) is 0. The molecule has 0 N–H and O–H groups in total. The zero-order valence-electron chi connectivity index (χ0n) is 15.8. The number of hydrogen-bond acceptors (Lipinski definition) is 4. The number of benzene rings is 1. The van der Waals surface area contributed by atoms with Gasteiger partial charge in [0.1, 0.15) is 5.75 Å². The average Bonchev–Trinajstić information content (AvgIpc) is 2.59. The van der Waals surface area contributed by atoms with Gasteiger partial charge in [0.15, 0.2) is 0 Å². The van der Waals surface area contributed by atoms with E-state index in [-0.39, 0.29) is 17.7 Å². The van der Waals surface area contributed by atoms with E-state index in [1.807, 2.05) is 17.9 Å². The van der Waals surface area contributed by atoms with Crippen LogP contribution in [0.15, 0.2) is 24.3 Å². The molecule has 1 atom stereocenters. The van der Waals surface area contributed by atoms with Gasteiger partial charge in [-0.3, -0.25) is 4.79 Å². The van der Waals surface area contributed by atoms with Crippen molar-refractivity contribution in [2.45, 2.75) is 72.4 Å². The maximum atomic E-state index is 12.6. The third-order valence-electron chi connectivity index (χ3n) is 4.27. The fraction of sp³-hybridized carbons (Fsp3) is 0.632. The van der Waals surface area contributed by atoms with Gasteiger partial charge in [-0.2, -0.15) is 8.42 Å². The summed E-state index contributed by atoms with van der Waals surface area (Å²) in [6.45, 7) is 8.22. The van der Waals surface area contributed by atoms with Crippen LogP contribution >= 0.6 is 0 Å². The fourth-order valence-electron chi connectivity index (χ4n) is 2.48. The van der Waals surface area contributed by atoms with Gasteiger partial charge in [-0.05, 0) is 44.4 Å². The van der Waals surface area contributed by atoms with Crippen LogP contribution in [0.3, 0.4) is 0 Å². The maximum Gasteiger partial charge on any atom is 0.308 e. The average molecular weight is 370 g/mol. The molecule has 1 aromatic rings. The Morgan fingerprint density at radius 2 is 1.92 bits per heavy atom. The van der Waals surface area contributed by atoms with Crippen LogP contribution in [0.4, 0.5) is 0 Å². The highest BCUT2D eigenvalue weighted by Crippen LogP contribution is 2.19. The second-order valence-corrected chi connectivity index (χ2v) is 8.17. The minimum Gasteiger partial charge on any atom is -0.382 e. The number of unbranched alkanes of at least 4 members (excludes halogenated alkanes) is 2. The van der Waals surface area contributed by atoms with Crippen molar-refractivity contribution in [3.05, 3.63) is 29.8 Å². The Hall–Kier alpha value is -1.56. The smallest absolute Gasteiger partial charge is 0.308 e. The molecule has 6 heteroatoms. The van der Waals surface area contributed by atoms with E-state index in [4.69, 9.17) is 4.18 Å². The first kappa shape index (κ1) is 21.5. The lowest BCUT2D eigenvalue weighted by atomic mass is 10.1. The van der Waals surface area contributed by atoms with Crippen LogP contribution in [-0.4, -0.2) is 31.0 Å². The van der Waals surface area contributed by atoms with Crippen molar-refractivity contribution < 1.29 is 17.4 Å². The monoisotopic (exact) mass is 369 g/mol. The molecule has 1 amide bonds. The molecule has 0 aliphatic heterocycles. The minimum absolute atomic E-state index is 0.0772. The van der Waals surface area contributed by atoms with Crippen molar-refractivity contribution in [2.75, 3.05) is 5.75 Å². The molecule has 142 valence electrons. The summed E-state index contributed by atoms with van der Waals surface area (Å²) in [6, 6.07) is 7.10. The first-order chi connectivity index (χ1) is 11.8. The van der Waals surface area contributed by atoms with Crippen LogP contribution in [0.2, 0.25) is 0 Å². The van der Waals surface area contributed by atoms with Gasteiger partial charge >= 0.3 is 10.1 Å². The Morgan fingerprint density at radius 3 is 2.52 bits per heavy atom. The summed E-state index contributed by atoms with van der Waals surface area (Å²) in [7, 11) is -3.55. The van der Waals surface area contributed by atoms with Gasteiger partial charge in [-0.25, -0.2) is 0 Å². The minimum atomic E-state index is -3.55. The van der Waals surface area contributed by atoms with Crippen LogP contribution in [0, 0.1) is 0 Å². The third kappa shape index (κ3) is 7.46. The summed E-state index contributed by atoms with van der Waals surface area (Å²) < 4.78 is 28.3. The van der Waals surface area contributed by atoms with E-state index in [1.54, 1.807) is 25.1 Å². The number of carbonyl (C=O) groups excluding carboxylic acids is 1. The van der Waals surface area contributed by atoms with E-state index in [0.717, 1.165) is 31.2 Å². The molecule has 25 heavy (non-hydrogen) atoms. The number of rotatable bonds is 11. The molecule has 0 aromatic heterocycles. The summed E-state index contributed by atoms with van der Waals surface area (Å²) in [5.41, 5.74) is 0.868. The molecule has 0 unspecified atom stereocenters. The zero-order chi connectivity index (χ0) is 18.9. The molecule has 0 heterocycles. The molecule has 1 rings (SSSR count). The molecule has 0 bridgehead atoms. The van der Waals surface area contributed by atoms with Crippen LogP contribution in [0.25, 0.3) is 0 Å². The molecule has 0 aliphatic carbocycles. The quantitative estimate of drug-likeness (QED) is 0.435. The molecular formula is C19H31NO4S. The molecule has 0 saturated carbocycles. The Morgan fingerprint density at radius 1 is 1.20 bits per heavy atom. The summed E-state index contributed by atoms with van der Waals surface area (Å²) in [6.07, 6.45) is 4.47. The normalized spacial score (nSPS) is 12.6. The van der Waals surface area contributed by atoms with E-state index >= 15 is 0 Å². The standard InChI is InChI=1S/C19H31NO4S/c1-5-8-9-13-19(21)20(16(4)6-2)15-17-11-10-12-18(14-17)24-25(22,23)7-3/h10-12,14,16H,5-9,13,15H2,1-4H3/t16-/m1/s1. The highest BCUT2D eigenvalue weighted by atomic mass is 32.2. The van der Waals surface area contributed by atoms with Crippen LogP contribution < -0.4 is 4.18 Å². The van der Waals surface area contributed by atoms with Gasteiger partial charge in [-0.15, -0.1) is 0 Å². The highest BCUT2D eigenvalue weighted by Gasteiger charge is 2.19. The maximum absolute atomic E-state index is 12.6. The first-order valence-electron chi connectivity index (χ1n) is 9.13. The Kier molecular flexibility index (Phi) is 8.97. The lowest BCUT2D eigenvalue weighted by molar-refractivity contribution is -0.134. The summed E-state index contributed by atoms with van der Waals surface area (Å²) in [5.74, 6) is 0.365. The lowest BCUT2D eigenvalue weighted by Gasteiger charge is -2.29. The van der Waals surface area contributed by atoms with Crippen molar-refractivity contribution in [1.29, 1.82) is 0 Å². The van der Waals surface area contributed by atoms with Crippen LogP contribution in [0.1, 0.15) is 65.4 Å². The van der Waals surface area contributed by atoms with E-state index in [0.29, 0.717) is 18.7 Å². The lowest BCUT2D eigenvalue weighted by Crippen LogP contribution is -2.37. The number of amides is 1. The van der Waals surface area contributed by atoms with Crippen molar-refractivity contribution in [1.82, 2.24) is 4.90 Å². The van der Waals surface area contributed by atoms with Gasteiger partial charge in [0.2, 0.25) is 5.91 Å². The molecule has 0 fully saturated rings. The third-order valence-corrected chi connectivity index (χ3v) is 5.42. The fourth-order valence-corrected chi connectivity index (χ4v) is 2.99. The molecule has 0 spiro atoms. The Bertz CT molecular complexity index is 643. The Labute approximate surface area is 152 Å². The van der Waals surface area contributed by atoms with Crippen LogP contribution in [0.5, 0.6) is 5.75 Å². The predicted molar refractivity (Wildman–Crippen MR) is 101 cm³/mol. The summed E-state index contributed by atoms with van der Waals surface area (Å²) in [5, 5.41) is 0. The van der Waals surface area contributed by atoms with E-state index in [2.05, 4.69) is 13.8 Å². The summed E-state index contributed by atoms with van der Waals surface area (Å²) in [4.78, 5) is 14.5. The van der Waals surface area contributed by atoms with Gasteiger partial charge < -0.3 is 9.08 Å². The molecule has 0 aliphatic rings. The topological polar surface area (TPSA) is 63.7 Å². The molecule has 0 radical (unpaired) electrons. The van der Waals surface area contributed by atoms with E-state index in [1.165, 1.54) is 0 Å². The molecule has 1 aromatic carbocycles. The second-order valence-electron chi connectivity index (χ2n) is 6.31. The van der Waals surface area contributed by atoms with Gasteiger partial charge in [0, 0.05) is 19.0 Å². The number of carbonyl (C=O) groups is 1. The SMILES string of the molecule is CCCCCC(=O)N(Cc1cccc(OS(=O)(=O)CC)c1)[C@H](C)CC. The van der Waals surface area contributed by atoms with E-state index in [9.17, 15) is 13.2 Å². The van der Waals surface area contributed by atoms with Gasteiger partial charge in [-0.1, -0.05) is 38.8 Å². The largest absolute Gasteiger partial charge is 0.382 e. The second kappa shape index (κ2) is 10.4. The van der Waals surface area contributed by atoms with Crippen molar-refractivity contribution in [3.63, 3.8) is 0 Å². The van der Waals surface area contributed by atoms with Crippen molar-refractivity contribution in [3.8, 4) is 5.75 Å². The predicted octanol–water partition coefficient (Wildman–Crippen LogP) is 4.12. The van der Waals surface area contributed by atoms with Crippen LogP contribution in [-0.2, 0) is 21.5 Å². The van der Waals surface area contributed by atoms with E-state index < -0.39 is 10.1 Å². The molecule has 5 nitrogen and oxygen atoms in total. The highest BCUT2D eigenvalue weighted by molar-refractivity contribution is 7.87. The van der Waals surface area contributed by atoms with Crippen molar-refractivity contribution >= 4 is 16.0 Å². The number of nitrogens with zero attached hydrogens (tertiary/aromatic N) is 1. The zero-order valence-corrected chi connectivity index (χ0v) is 16.6. The van der Waals surface area contributed by atoms with Gasteiger partial charge in [0.25, 0.3) is 0 Å².